The molecule has 2 N–H and O–H groups in total. The van der Waals surface area contributed by atoms with Gasteiger partial charge in [0, 0.05) is 49.7 Å². The highest BCUT2D eigenvalue weighted by molar-refractivity contribution is 7.89. The number of sulfonamides is 1. The van der Waals surface area contributed by atoms with Gasteiger partial charge in [-0.3, -0.25) is 14.5 Å². The predicted octanol–water partition coefficient (Wildman–Crippen LogP) is 5.23. The number of nitrogens with zero attached hydrogens (tertiary/aromatic N) is 3. The van der Waals surface area contributed by atoms with Gasteiger partial charge in [0.05, 0.1) is 10.6 Å². The van der Waals surface area contributed by atoms with Gasteiger partial charge in [-0.25, -0.2) is 8.42 Å². The van der Waals surface area contributed by atoms with E-state index in [4.69, 9.17) is 11.6 Å². The lowest BCUT2D eigenvalue weighted by Crippen LogP contribution is -2.70. The smallest absolute Gasteiger partial charge is 0.351 e. The first-order chi connectivity index (χ1) is 20.9. The maximum Gasteiger partial charge on any atom is 0.416 e. The lowest BCUT2D eigenvalue weighted by Gasteiger charge is -2.53. The molecular formula is C31H39ClF3N5O4S. The largest absolute Gasteiger partial charge is 0.416 e. The van der Waals surface area contributed by atoms with Gasteiger partial charge < -0.3 is 15.2 Å². The fourth-order valence-corrected chi connectivity index (χ4v) is 7.17. The highest BCUT2D eigenvalue weighted by Gasteiger charge is 2.46. The molecular weight excluding hydrogens is 631 g/mol. The Hall–Kier alpha value is -3.13. The highest BCUT2D eigenvalue weighted by atomic mass is 35.5. The summed E-state index contributed by atoms with van der Waals surface area (Å²) in [6.07, 6.45) is -4.72. The average molecular weight is 670 g/mol. The first-order valence-electron chi connectivity index (χ1n) is 14.6. The predicted molar refractivity (Wildman–Crippen MR) is 167 cm³/mol. The second-order valence-electron chi connectivity index (χ2n) is 12.4. The fraction of sp³-hybridized carbons (Fsp3) is 0.484. The Morgan fingerprint density at radius 2 is 1.78 bits per heavy atom. The van der Waals surface area contributed by atoms with Crippen LogP contribution < -0.4 is 5.32 Å². The van der Waals surface area contributed by atoms with Crippen LogP contribution in [0.4, 0.5) is 13.2 Å². The van der Waals surface area contributed by atoms with Gasteiger partial charge in [0.2, 0.25) is 15.9 Å². The summed E-state index contributed by atoms with van der Waals surface area (Å²) in [4.78, 5) is 33.2. The Morgan fingerprint density at radius 3 is 2.36 bits per heavy atom. The standard InChI is InChI=1S/C31H39ClF3N5O4S/c1-7-39(15-14-38(6)45(43,44)26-17-21(31(33,34)35)12-13-22(26)32)25-18-40(19(25)2)29(42)27(30(3,4)5)37-28(41)24-16-20-10-8-9-11-23(20)36-24/h8-13,16-17,19,25,27,36H,7,14-15,18H2,1-6H3,(H,37,41)/t19?,25-,27?/m1/s1. The van der Waals surface area contributed by atoms with Gasteiger partial charge in [-0.15, -0.1) is 0 Å². The van der Waals surface area contributed by atoms with Crippen molar-refractivity contribution in [1.29, 1.82) is 0 Å². The second kappa shape index (κ2) is 12.9. The molecule has 2 unspecified atom stereocenters. The van der Waals surface area contributed by atoms with Crippen molar-refractivity contribution in [2.45, 2.75) is 63.8 Å². The third-order valence-corrected chi connectivity index (χ3v) is 10.7. The molecule has 0 aliphatic carbocycles. The van der Waals surface area contributed by atoms with Crippen molar-refractivity contribution in [3.05, 3.63) is 64.8 Å². The Labute approximate surface area is 266 Å². The molecule has 4 rings (SSSR count). The topological polar surface area (TPSA) is 106 Å². The minimum atomic E-state index is -4.72. The molecule has 0 spiro atoms. The number of H-pyrrole nitrogens is 1. The Bertz CT molecular complexity index is 1640. The van der Waals surface area contributed by atoms with Crippen molar-refractivity contribution in [1.82, 2.24) is 24.4 Å². The molecule has 0 radical (unpaired) electrons. The zero-order chi connectivity index (χ0) is 33.5. The molecule has 0 saturated carbocycles. The molecule has 14 heteroatoms. The van der Waals surface area contributed by atoms with Gasteiger partial charge in [-0.05, 0) is 49.2 Å². The van der Waals surface area contributed by atoms with E-state index in [1.165, 1.54) is 7.05 Å². The maximum absolute atomic E-state index is 13.8. The lowest BCUT2D eigenvalue weighted by molar-refractivity contribution is -0.149. The van der Waals surface area contributed by atoms with Gasteiger partial charge >= 0.3 is 6.18 Å². The third kappa shape index (κ3) is 7.32. The van der Waals surface area contributed by atoms with Crippen LogP contribution in [0.3, 0.4) is 0 Å². The van der Waals surface area contributed by atoms with Gasteiger partial charge in [0.15, 0.2) is 0 Å². The minimum absolute atomic E-state index is 0.00884. The van der Waals surface area contributed by atoms with Crippen molar-refractivity contribution < 1.29 is 31.2 Å². The summed E-state index contributed by atoms with van der Waals surface area (Å²) >= 11 is 6.00. The van der Waals surface area contributed by atoms with Crippen LogP contribution in [0.15, 0.2) is 53.4 Å². The number of rotatable bonds is 10. The summed E-state index contributed by atoms with van der Waals surface area (Å²) in [6, 6.07) is 10.3. The minimum Gasteiger partial charge on any atom is -0.351 e. The molecule has 246 valence electrons. The number of para-hydroxylation sites is 1. The summed E-state index contributed by atoms with van der Waals surface area (Å²) in [5.41, 5.74) is -0.518. The summed E-state index contributed by atoms with van der Waals surface area (Å²) in [7, 11) is -3.02. The Balaban J connectivity index is 1.41. The normalized spacial score (nSPS) is 18.4. The molecule has 1 saturated heterocycles. The van der Waals surface area contributed by atoms with E-state index in [1.807, 2.05) is 63.8 Å². The monoisotopic (exact) mass is 669 g/mol. The van der Waals surface area contributed by atoms with Crippen LogP contribution in [-0.2, 0) is 21.0 Å². The SMILES string of the molecule is CCN(CCN(C)S(=O)(=O)c1cc(C(F)(F)F)ccc1Cl)[C@@H]1CN(C(=O)C(NC(=O)c2cc3ccccc3[nH]2)C(C)(C)C)C1C. The molecule has 1 aromatic heterocycles. The van der Waals surface area contributed by atoms with Gasteiger partial charge in [0.1, 0.15) is 16.6 Å². The number of fused-ring (bicyclic) bond motifs is 1. The third-order valence-electron chi connectivity index (χ3n) is 8.40. The van der Waals surface area contributed by atoms with E-state index >= 15 is 0 Å². The van der Waals surface area contributed by atoms with Crippen molar-refractivity contribution in [2.24, 2.45) is 5.41 Å². The van der Waals surface area contributed by atoms with E-state index in [9.17, 15) is 31.2 Å². The number of alkyl halides is 3. The van der Waals surface area contributed by atoms with Gasteiger partial charge in [-0.1, -0.05) is 57.5 Å². The quantitative estimate of drug-likeness (QED) is 0.308. The van der Waals surface area contributed by atoms with Crippen molar-refractivity contribution in [2.75, 3.05) is 33.2 Å². The number of hydrogen-bond donors (Lipinski definition) is 2. The number of carbonyl (C=O) groups is 2. The summed E-state index contributed by atoms with van der Waals surface area (Å²) < 4.78 is 67.0. The van der Waals surface area contributed by atoms with Crippen molar-refractivity contribution in [3.8, 4) is 0 Å². The Morgan fingerprint density at radius 1 is 1.11 bits per heavy atom. The van der Waals surface area contributed by atoms with E-state index in [2.05, 4.69) is 10.3 Å². The molecule has 1 fully saturated rings. The van der Waals surface area contributed by atoms with E-state index in [0.29, 0.717) is 24.8 Å². The maximum atomic E-state index is 13.8. The molecule has 2 aromatic carbocycles. The van der Waals surface area contributed by atoms with Crippen molar-refractivity contribution in [3.63, 3.8) is 0 Å². The molecule has 1 aliphatic heterocycles. The van der Waals surface area contributed by atoms with E-state index in [-0.39, 0.29) is 42.0 Å². The zero-order valence-corrected chi connectivity index (χ0v) is 27.6. The van der Waals surface area contributed by atoms with Gasteiger partial charge in [0.25, 0.3) is 5.91 Å². The van der Waals surface area contributed by atoms with Crippen LogP contribution in [0.2, 0.25) is 5.02 Å². The number of halogens is 4. The van der Waals surface area contributed by atoms with Crippen molar-refractivity contribution >= 4 is 44.3 Å². The molecule has 2 amide bonds. The number of hydrogen-bond acceptors (Lipinski definition) is 5. The van der Waals surface area contributed by atoms with Crippen LogP contribution in [0.5, 0.6) is 0 Å². The zero-order valence-electron chi connectivity index (χ0n) is 26.1. The highest BCUT2D eigenvalue weighted by Crippen LogP contribution is 2.34. The molecule has 3 aromatic rings. The van der Waals surface area contributed by atoms with Crippen LogP contribution >= 0.6 is 11.6 Å². The average Bonchev–Trinajstić information content (AvgIpc) is 3.40. The molecule has 1 aliphatic rings. The van der Waals surface area contributed by atoms with Gasteiger partial charge in [-0.2, -0.15) is 17.5 Å². The van der Waals surface area contributed by atoms with E-state index in [1.54, 1.807) is 11.0 Å². The number of amides is 2. The summed E-state index contributed by atoms with van der Waals surface area (Å²) in [6.45, 7) is 10.7. The summed E-state index contributed by atoms with van der Waals surface area (Å²) in [5.74, 6) is -0.602. The number of carbonyl (C=O) groups excluding carboxylic acids is 2. The molecule has 9 nitrogen and oxygen atoms in total. The number of aromatic amines is 1. The van der Waals surface area contributed by atoms with Crippen LogP contribution in [0, 0.1) is 5.41 Å². The van der Waals surface area contributed by atoms with E-state index in [0.717, 1.165) is 27.3 Å². The first-order valence-corrected chi connectivity index (χ1v) is 16.4. The number of benzene rings is 2. The molecule has 0 bridgehead atoms. The number of nitrogens with one attached hydrogen (secondary N) is 2. The number of aromatic nitrogens is 1. The lowest BCUT2D eigenvalue weighted by atomic mass is 9.83. The molecule has 2 heterocycles. The molecule has 45 heavy (non-hydrogen) atoms. The van der Waals surface area contributed by atoms with Crippen LogP contribution in [0.25, 0.3) is 10.9 Å². The van der Waals surface area contributed by atoms with Crippen LogP contribution in [0.1, 0.15) is 50.7 Å². The second-order valence-corrected chi connectivity index (χ2v) is 14.9. The fourth-order valence-electron chi connectivity index (χ4n) is 5.51. The summed E-state index contributed by atoms with van der Waals surface area (Å²) in [5, 5.41) is 3.51. The van der Waals surface area contributed by atoms with E-state index < -0.39 is 38.1 Å². The number of likely N-dealkylation sites (N-methyl/N-ethyl adjacent to an activating group) is 2. The number of likely N-dealkylation sites (tertiary alicyclic amines) is 1. The first kappa shape index (κ1) is 34.7. The molecule has 3 atom stereocenters. The van der Waals surface area contributed by atoms with Crippen LogP contribution in [-0.4, -0.2) is 90.7 Å². The Kier molecular flexibility index (Phi) is 9.99.